The van der Waals surface area contributed by atoms with E-state index in [0.29, 0.717) is 22.6 Å². The van der Waals surface area contributed by atoms with Crippen molar-refractivity contribution >= 4 is 0 Å². The fourth-order valence-corrected chi connectivity index (χ4v) is 3.06. The van der Waals surface area contributed by atoms with Crippen LogP contribution < -0.4 is 4.74 Å². The van der Waals surface area contributed by atoms with E-state index in [9.17, 15) is 10.2 Å². The second-order valence-corrected chi connectivity index (χ2v) is 5.32. The van der Waals surface area contributed by atoms with Crippen LogP contribution >= 0.6 is 0 Å². The molecule has 3 aromatic rings. The topological polar surface area (TPSA) is 49.7 Å². The van der Waals surface area contributed by atoms with Crippen LogP contribution in [-0.4, -0.2) is 10.2 Å². The van der Waals surface area contributed by atoms with Crippen molar-refractivity contribution in [1.29, 1.82) is 0 Å². The number of rotatable bonds is 1. The van der Waals surface area contributed by atoms with E-state index in [-0.39, 0.29) is 17.4 Å². The third-order valence-corrected chi connectivity index (χ3v) is 4.02. The van der Waals surface area contributed by atoms with Gasteiger partial charge in [-0.3, -0.25) is 0 Å². The molecule has 0 aromatic heterocycles. The first-order valence-electron chi connectivity index (χ1n) is 7.12. The molecule has 0 amide bonds. The van der Waals surface area contributed by atoms with Crippen molar-refractivity contribution in [3.05, 3.63) is 83.4 Å². The Morgan fingerprint density at radius 1 is 0.636 bits per heavy atom. The van der Waals surface area contributed by atoms with E-state index in [4.69, 9.17) is 4.74 Å². The van der Waals surface area contributed by atoms with E-state index in [2.05, 4.69) is 0 Å². The molecule has 22 heavy (non-hydrogen) atoms. The molecule has 3 nitrogen and oxygen atoms in total. The van der Waals surface area contributed by atoms with Crippen LogP contribution in [0.5, 0.6) is 23.0 Å². The molecule has 0 unspecified atom stereocenters. The zero-order chi connectivity index (χ0) is 15.1. The molecule has 0 aliphatic carbocycles. The van der Waals surface area contributed by atoms with Crippen LogP contribution in [0, 0.1) is 0 Å². The summed E-state index contributed by atoms with van der Waals surface area (Å²) < 4.78 is 5.87. The molecular weight excluding hydrogens is 276 g/mol. The second-order valence-electron chi connectivity index (χ2n) is 5.32. The summed E-state index contributed by atoms with van der Waals surface area (Å²) in [6.07, 6.45) is 0. The molecule has 1 aliphatic rings. The third kappa shape index (κ3) is 1.83. The SMILES string of the molecule is Oc1cccc2c1C(c1ccccc1)c1c(O)cccc1O2. The van der Waals surface area contributed by atoms with Crippen molar-refractivity contribution in [2.45, 2.75) is 5.92 Å². The predicted molar refractivity (Wildman–Crippen MR) is 83.7 cm³/mol. The van der Waals surface area contributed by atoms with Gasteiger partial charge in [-0.2, -0.15) is 0 Å². The quantitative estimate of drug-likeness (QED) is 0.547. The van der Waals surface area contributed by atoms with Crippen LogP contribution in [0.1, 0.15) is 22.6 Å². The lowest BCUT2D eigenvalue weighted by Crippen LogP contribution is -2.12. The average Bonchev–Trinajstić information content (AvgIpc) is 2.54. The van der Waals surface area contributed by atoms with Crippen molar-refractivity contribution in [2.24, 2.45) is 0 Å². The number of benzene rings is 3. The number of hydrogen-bond donors (Lipinski definition) is 2. The number of fused-ring (bicyclic) bond motifs is 2. The Labute approximate surface area is 128 Å². The van der Waals surface area contributed by atoms with Gasteiger partial charge in [-0.25, -0.2) is 0 Å². The Morgan fingerprint density at radius 3 is 1.73 bits per heavy atom. The van der Waals surface area contributed by atoms with Crippen molar-refractivity contribution in [1.82, 2.24) is 0 Å². The normalized spacial score (nSPS) is 13.1. The summed E-state index contributed by atoms with van der Waals surface area (Å²) in [6.45, 7) is 0. The van der Waals surface area contributed by atoms with Gasteiger partial charge in [0.1, 0.15) is 23.0 Å². The second kappa shape index (κ2) is 4.81. The Kier molecular flexibility index (Phi) is 2.79. The van der Waals surface area contributed by atoms with Gasteiger partial charge < -0.3 is 14.9 Å². The Hall–Kier alpha value is -2.94. The minimum Gasteiger partial charge on any atom is -0.507 e. The molecule has 0 atom stereocenters. The fourth-order valence-electron chi connectivity index (χ4n) is 3.06. The first-order chi connectivity index (χ1) is 10.8. The van der Waals surface area contributed by atoms with Crippen LogP contribution in [0.2, 0.25) is 0 Å². The number of phenolic OH excluding ortho intramolecular Hbond substituents is 2. The van der Waals surface area contributed by atoms with Gasteiger partial charge in [0.05, 0.1) is 0 Å². The van der Waals surface area contributed by atoms with E-state index in [1.807, 2.05) is 42.5 Å². The maximum Gasteiger partial charge on any atom is 0.135 e. The molecule has 108 valence electrons. The zero-order valence-corrected chi connectivity index (χ0v) is 11.7. The molecule has 0 fully saturated rings. The number of hydrogen-bond acceptors (Lipinski definition) is 3. The lowest BCUT2D eigenvalue weighted by atomic mass is 9.81. The predicted octanol–water partition coefficient (Wildman–Crippen LogP) is 4.38. The van der Waals surface area contributed by atoms with Gasteiger partial charge in [0.2, 0.25) is 0 Å². The zero-order valence-electron chi connectivity index (χ0n) is 11.7. The molecule has 2 N–H and O–H groups in total. The van der Waals surface area contributed by atoms with Gasteiger partial charge in [-0.05, 0) is 29.8 Å². The van der Waals surface area contributed by atoms with Crippen molar-refractivity contribution in [3.63, 3.8) is 0 Å². The van der Waals surface area contributed by atoms with Crippen LogP contribution in [0.3, 0.4) is 0 Å². The lowest BCUT2D eigenvalue weighted by molar-refractivity contribution is 0.409. The highest BCUT2D eigenvalue weighted by Crippen LogP contribution is 2.52. The third-order valence-electron chi connectivity index (χ3n) is 4.02. The van der Waals surface area contributed by atoms with Crippen molar-refractivity contribution in [2.75, 3.05) is 0 Å². The minimum atomic E-state index is -0.262. The van der Waals surface area contributed by atoms with Gasteiger partial charge in [0.15, 0.2) is 0 Å². The summed E-state index contributed by atoms with van der Waals surface area (Å²) in [4.78, 5) is 0. The van der Waals surface area contributed by atoms with E-state index in [0.717, 1.165) is 5.56 Å². The Morgan fingerprint density at radius 2 is 1.18 bits per heavy atom. The molecule has 0 bridgehead atoms. The van der Waals surface area contributed by atoms with Crippen LogP contribution in [0.15, 0.2) is 66.7 Å². The maximum atomic E-state index is 10.3. The van der Waals surface area contributed by atoms with Crippen LogP contribution in [0.4, 0.5) is 0 Å². The van der Waals surface area contributed by atoms with E-state index < -0.39 is 0 Å². The number of phenols is 2. The Bertz CT molecular complexity index is 789. The molecule has 3 heteroatoms. The average molecular weight is 290 g/mol. The number of ether oxygens (including phenoxy) is 1. The molecule has 1 aliphatic heterocycles. The molecule has 0 radical (unpaired) electrons. The highest BCUT2D eigenvalue weighted by Gasteiger charge is 2.33. The Balaban J connectivity index is 2.04. The van der Waals surface area contributed by atoms with E-state index in [1.54, 1.807) is 24.3 Å². The summed E-state index contributed by atoms with van der Waals surface area (Å²) in [5.74, 6) is 1.31. The monoisotopic (exact) mass is 290 g/mol. The first-order valence-corrected chi connectivity index (χ1v) is 7.12. The molecular formula is C19H14O3. The molecule has 3 aromatic carbocycles. The van der Waals surface area contributed by atoms with Crippen molar-refractivity contribution in [3.8, 4) is 23.0 Å². The summed E-state index contributed by atoms with van der Waals surface area (Å²) in [5.41, 5.74) is 2.36. The minimum absolute atomic E-state index is 0.167. The van der Waals surface area contributed by atoms with Gasteiger partial charge in [-0.1, -0.05) is 42.5 Å². The standard InChI is InChI=1S/C19H14O3/c20-13-8-4-10-15-18(13)17(12-6-2-1-3-7-12)19-14(21)9-5-11-16(19)22-15/h1-11,17,20-21H. The van der Waals surface area contributed by atoms with E-state index >= 15 is 0 Å². The maximum absolute atomic E-state index is 10.3. The molecule has 0 saturated heterocycles. The van der Waals surface area contributed by atoms with Gasteiger partial charge in [0.25, 0.3) is 0 Å². The first kappa shape index (κ1) is 12.8. The molecule has 4 rings (SSSR count). The largest absolute Gasteiger partial charge is 0.507 e. The summed E-state index contributed by atoms with van der Waals surface area (Å²) >= 11 is 0. The lowest BCUT2D eigenvalue weighted by Gasteiger charge is -2.29. The summed E-state index contributed by atoms with van der Waals surface area (Å²) in [5, 5.41) is 20.7. The van der Waals surface area contributed by atoms with Gasteiger partial charge in [-0.15, -0.1) is 0 Å². The van der Waals surface area contributed by atoms with E-state index in [1.165, 1.54) is 0 Å². The molecule has 0 spiro atoms. The van der Waals surface area contributed by atoms with Gasteiger partial charge >= 0.3 is 0 Å². The smallest absolute Gasteiger partial charge is 0.135 e. The van der Waals surface area contributed by atoms with Crippen LogP contribution in [-0.2, 0) is 0 Å². The fraction of sp³-hybridized carbons (Fsp3) is 0.0526. The highest BCUT2D eigenvalue weighted by molar-refractivity contribution is 5.65. The van der Waals surface area contributed by atoms with Crippen molar-refractivity contribution < 1.29 is 14.9 Å². The summed E-state index contributed by atoms with van der Waals surface area (Å²) in [7, 11) is 0. The molecule has 0 saturated carbocycles. The number of aromatic hydroxyl groups is 2. The highest BCUT2D eigenvalue weighted by atomic mass is 16.5. The van der Waals surface area contributed by atoms with Gasteiger partial charge in [0, 0.05) is 17.0 Å². The summed E-state index contributed by atoms with van der Waals surface area (Å²) in [6, 6.07) is 20.3. The molecule has 1 heterocycles. The van der Waals surface area contributed by atoms with Crippen LogP contribution in [0.25, 0.3) is 0 Å².